The molecule has 0 aliphatic carbocycles. The van der Waals surface area contributed by atoms with Gasteiger partial charge in [-0.2, -0.15) is 10.1 Å². The van der Waals surface area contributed by atoms with Crippen LogP contribution in [0.2, 0.25) is 0 Å². The molecule has 4 aromatic carbocycles. The van der Waals surface area contributed by atoms with Crippen LogP contribution >= 0.6 is 0 Å². The molecule has 12 nitrogen and oxygen atoms in total. The van der Waals surface area contributed by atoms with E-state index in [1.165, 1.54) is 0 Å². The number of anilines is 4. The lowest BCUT2D eigenvalue weighted by Crippen LogP contribution is -2.24. The Kier molecular flexibility index (Phi) is 10.4. The summed E-state index contributed by atoms with van der Waals surface area (Å²) >= 11 is 0. The summed E-state index contributed by atoms with van der Waals surface area (Å²) in [5.74, 6) is 2.15. The maximum absolute atomic E-state index is 13.4. The highest BCUT2D eigenvalue weighted by Gasteiger charge is 2.17. The highest BCUT2D eigenvalue weighted by atomic mass is 16.5. The van der Waals surface area contributed by atoms with E-state index in [1.807, 2.05) is 68.4 Å². The van der Waals surface area contributed by atoms with Crippen molar-refractivity contribution in [1.82, 2.24) is 25.1 Å². The predicted octanol–water partition coefficient (Wildman–Crippen LogP) is 8.58. The molecule has 0 aliphatic rings. The normalized spacial score (nSPS) is 10.9. The van der Waals surface area contributed by atoms with Crippen molar-refractivity contribution in [1.29, 1.82) is 0 Å². The molecule has 2 heterocycles. The van der Waals surface area contributed by atoms with Crippen LogP contribution in [-0.4, -0.2) is 45.3 Å². The second-order valence-corrected chi connectivity index (χ2v) is 12.2. The van der Waals surface area contributed by atoms with E-state index in [4.69, 9.17) is 14.6 Å². The lowest BCUT2D eigenvalue weighted by molar-refractivity contribution is 0.0953. The van der Waals surface area contributed by atoms with Crippen LogP contribution in [0.15, 0.2) is 97.2 Å². The third-order valence-corrected chi connectivity index (χ3v) is 8.01. The van der Waals surface area contributed by atoms with Crippen molar-refractivity contribution in [2.24, 2.45) is 0 Å². The third-order valence-electron chi connectivity index (χ3n) is 8.01. The van der Waals surface area contributed by atoms with E-state index in [2.05, 4.69) is 45.1 Å². The number of aryl methyl sites for hydroxylation is 1. The van der Waals surface area contributed by atoms with Crippen LogP contribution in [0.1, 0.15) is 54.7 Å². The average molecular weight is 685 g/mol. The van der Waals surface area contributed by atoms with Crippen LogP contribution < -0.4 is 30.7 Å². The summed E-state index contributed by atoms with van der Waals surface area (Å²) < 4.78 is 13.4. The molecule has 51 heavy (non-hydrogen) atoms. The minimum atomic E-state index is -0.410. The molecular weight excluding hydrogens is 644 g/mol. The van der Waals surface area contributed by atoms with Gasteiger partial charge in [-0.1, -0.05) is 62.7 Å². The van der Waals surface area contributed by atoms with Crippen LogP contribution in [0.25, 0.3) is 16.5 Å². The number of hydrogen-bond acceptors (Lipinski definition) is 8. The number of hydrogen-bond donors (Lipinski definition) is 4. The number of methoxy groups -OCH3 is 1. The standard InChI is InChI=1S/C39H40N8O4/c1-6-18-40-37(48)26-20-27(22-29(21-26)50-5)42-38-41-19-17-36(45-38)51-34-16-15-32(30-9-7-8-10-31(30)34)43-39(49)44-35-23-33(24(2)3)46-47(35)28-13-11-25(4)12-14-28/h7-17,19-24H,6,18H2,1-5H3,(H,40,48)(H,41,42,45)(H2,43,44,49). The molecule has 0 bridgehead atoms. The zero-order chi connectivity index (χ0) is 35.9. The van der Waals surface area contributed by atoms with Crippen molar-refractivity contribution in [2.75, 3.05) is 29.6 Å². The number of urea groups is 1. The molecule has 0 atom stereocenters. The SMILES string of the molecule is CCCNC(=O)c1cc(Nc2nccc(Oc3ccc(NC(=O)Nc4cc(C(C)C)nn4-c4ccc(C)cc4)c4ccccc34)n2)cc(OC)c1. The molecular formula is C39H40N8O4. The van der Waals surface area contributed by atoms with Gasteiger partial charge < -0.3 is 25.4 Å². The molecule has 4 N–H and O–H groups in total. The van der Waals surface area contributed by atoms with Gasteiger partial charge in [-0.05, 0) is 55.7 Å². The molecule has 0 radical (unpaired) electrons. The Balaban J connectivity index is 1.20. The number of carbonyl (C=O) groups excluding carboxylic acids is 2. The van der Waals surface area contributed by atoms with E-state index >= 15 is 0 Å². The fourth-order valence-corrected chi connectivity index (χ4v) is 5.35. The fraction of sp³-hybridized carbons (Fsp3) is 0.205. The summed E-state index contributed by atoms with van der Waals surface area (Å²) in [7, 11) is 1.54. The number of amides is 3. The van der Waals surface area contributed by atoms with Crippen LogP contribution in [0.5, 0.6) is 17.4 Å². The number of aromatic nitrogens is 4. The largest absolute Gasteiger partial charge is 0.497 e. The summed E-state index contributed by atoms with van der Waals surface area (Å²) in [6, 6.07) is 27.4. The molecule has 0 aliphatic heterocycles. The zero-order valence-corrected chi connectivity index (χ0v) is 29.2. The Morgan fingerprint density at radius 2 is 1.69 bits per heavy atom. The number of ether oxygens (including phenoxy) is 2. The number of benzene rings is 4. The highest BCUT2D eigenvalue weighted by Crippen LogP contribution is 2.34. The van der Waals surface area contributed by atoms with Gasteiger partial charge in [-0.15, -0.1) is 0 Å². The molecule has 0 saturated heterocycles. The summed E-state index contributed by atoms with van der Waals surface area (Å²) in [5, 5.41) is 18.3. The summed E-state index contributed by atoms with van der Waals surface area (Å²) in [6.45, 7) is 8.71. The quantitative estimate of drug-likeness (QED) is 0.100. The minimum absolute atomic E-state index is 0.178. The first kappa shape index (κ1) is 34.4. The van der Waals surface area contributed by atoms with Crippen LogP contribution in [0.3, 0.4) is 0 Å². The number of nitrogens with zero attached hydrogens (tertiary/aromatic N) is 4. The van der Waals surface area contributed by atoms with Gasteiger partial charge in [0.25, 0.3) is 5.91 Å². The van der Waals surface area contributed by atoms with Gasteiger partial charge in [0.05, 0.1) is 24.2 Å². The van der Waals surface area contributed by atoms with Gasteiger partial charge >= 0.3 is 6.03 Å². The predicted molar refractivity (Wildman–Crippen MR) is 200 cm³/mol. The van der Waals surface area contributed by atoms with Crippen molar-refractivity contribution in [3.05, 3.63) is 114 Å². The molecule has 6 rings (SSSR count). The van der Waals surface area contributed by atoms with Gasteiger partial charge in [0.15, 0.2) is 0 Å². The van der Waals surface area contributed by atoms with Crippen LogP contribution in [-0.2, 0) is 0 Å². The van der Waals surface area contributed by atoms with Crippen LogP contribution in [0.4, 0.5) is 27.9 Å². The van der Waals surface area contributed by atoms with Gasteiger partial charge in [0.1, 0.15) is 17.3 Å². The lowest BCUT2D eigenvalue weighted by atomic mass is 10.1. The molecule has 2 aromatic heterocycles. The first-order valence-electron chi connectivity index (χ1n) is 16.7. The average Bonchev–Trinajstić information content (AvgIpc) is 3.55. The van der Waals surface area contributed by atoms with E-state index < -0.39 is 6.03 Å². The van der Waals surface area contributed by atoms with Crippen molar-refractivity contribution >= 4 is 45.9 Å². The number of nitrogens with one attached hydrogen (secondary N) is 4. The highest BCUT2D eigenvalue weighted by molar-refractivity contribution is 6.07. The Morgan fingerprint density at radius 1 is 0.902 bits per heavy atom. The molecule has 0 fully saturated rings. The Labute approximate surface area is 296 Å². The van der Waals surface area contributed by atoms with E-state index in [1.54, 1.807) is 54.4 Å². The Hall–Kier alpha value is -6.43. The third kappa shape index (κ3) is 8.24. The molecule has 0 saturated carbocycles. The van der Waals surface area contributed by atoms with E-state index in [-0.39, 0.29) is 17.8 Å². The molecule has 3 amide bonds. The fourth-order valence-electron chi connectivity index (χ4n) is 5.35. The van der Waals surface area contributed by atoms with E-state index in [9.17, 15) is 9.59 Å². The Bertz CT molecular complexity index is 2180. The number of rotatable bonds is 12. The van der Waals surface area contributed by atoms with Gasteiger partial charge in [0.2, 0.25) is 11.8 Å². The van der Waals surface area contributed by atoms with Crippen molar-refractivity contribution in [3.8, 4) is 23.1 Å². The summed E-state index contributed by atoms with van der Waals surface area (Å²) in [5.41, 5.74) is 4.47. The molecule has 0 spiro atoms. The number of carbonyl (C=O) groups is 2. The topological polar surface area (TPSA) is 144 Å². The van der Waals surface area contributed by atoms with E-state index in [0.717, 1.165) is 34.1 Å². The van der Waals surface area contributed by atoms with Crippen molar-refractivity contribution in [3.63, 3.8) is 0 Å². The smallest absolute Gasteiger partial charge is 0.324 e. The first-order valence-corrected chi connectivity index (χ1v) is 16.7. The van der Waals surface area contributed by atoms with Gasteiger partial charge in [-0.25, -0.2) is 14.5 Å². The first-order chi connectivity index (χ1) is 24.7. The van der Waals surface area contributed by atoms with Crippen LogP contribution in [0, 0.1) is 6.92 Å². The van der Waals surface area contributed by atoms with E-state index in [0.29, 0.717) is 46.7 Å². The lowest BCUT2D eigenvalue weighted by Gasteiger charge is -2.14. The zero-order valence-electron chi connectivity index (χ0n) is 29.2. The van der Waals surface area contributed by atoms with Gasteiger partial charge in [-0.3, -0.25) is 10.1 Å². The molecule has 0 unspecified atom stereocenters. The van der Waals surface area contributed by atoms with Gasteiger partial charge in [0, 0.05) is 53.0 Å². The second-order valence-electron chi connectivity index (χ2n) is 12.2. The maximum atomic E-state index is 13.4. The number of fused-ring (bicyclic) bond motifs is 1. The summed E-state index contributed by atoms with van der Waals surface area (Å²) in [4.78, 5) is 34.9. The Morgan fingerprint density at radius 3 is 2.43 bits per heavy atom. The van der Waals surface area contributed by atoms with Crippen molar-refractivity contribution < 1.29 is 19.1 Å². The molecule has 6 aromatic rings. The molecule has 12 heteroatoms. The summed E-state index contributed by atoms with van der Waals surface area (Å²) in [6.07, 6.45) is 2.40. The minimum Gasteiger partial charge on any atom is -0.497 e. The molecule has 260 valence electrons. The monoisotopic (exact) mass is 684 g/mol. The second kappa shape index (κ2) is 15.4. The maximum Gasteiger partial charge on any atom is 0.324 e. The van der Waals surface area contributed by atoms with Crippen molar-refractivity contribution in [2.45, 2.75) is 40.0 Å².